The van der Waals surface area contributed by atoms with E-state index < -0.39 is 15.9 Å². The maximum absolute atomic E-state index is 12.3. The number of benzene rings is 2. The van der Waals surface area contributed by atoms with Crippen LogP contribution in [0.1, 0.15) is 24.0 Å². The molecule has 2 N–H and O–H groups in total. The third-order valence-corrected chi connectivity index (χ3v) is 5.20. The molecule has 0 saturated heterocycles. The highest BCUT2D eigenvalue weighted by molar-refractivity contribution is 7.89. The van der Waals surface area contributed by atoms with Gasteiger partial charge >= 0.3 is 0 Å². The molecule has 0 aliphatic rings. The van der Waals surface area contributed by atoms with Crippen molar-refractivity contribution >= 4 is 15.9 Å². The smallest absolute Gasteiger partial charge is 0.280 e. The molecule has 0 heterocycles. The molecular formula is C18H22N2O4S. The number of rotatable bonds is 8. The van der Waals surface area contributed by atoms with Crippen LogP contribution in [0.4, 0.5) is 0 Å². The van der Waals surface area contributed by atoms with Crippen LogP contribution in [0.25, 0.3) is 0 Å². The Bertz CT molecular complexity index is 790. The molecule has 25 heavy (non-hydrogen) atoms. The Morgan fingerprint density at radius 2 is 1.72 bits per heavy atom. The Labute approximate surface area is 148 Å². The zero-order chi connectivity index (χ0) is 18.3. The zero-order valence-electron chi connectivity index (χ0n) is 14.1. The standard InChI is InChI=1S/C18H22N2O4S/c1-15-9-11-17(12-10-15)25(22,23)20(19)18(21)8-5-13-24-14-16-6-3-2-4-7-16/h2-4,6-7,9-12H,5,8,13-14,19H2,1H3. The number of sulfonamides is 1. The van der Waals surface area contributed by atoms with E-state index in [0.717, 1.165) is 11.1 Å². The van der Waals surface area contributed by atoms with Crippen LogP contribution in [0.3, 0.4) is 0 Å². The van der Waals surface area contributed by atoms with Crippen LogP contribution in [0.2, 0.25) is 0 Å². The van der Waals surface area contributed by atoms with E-state index in [0.29, 0.717) is 24.0 Å². The SMILES string of the molecule is Cc1ccc(S(=O)(=O)N(N)C(=O)CCCOCc2ccccc2)cc1. The molecule has 6 nitrogen and oxygen atoms in total. The summed E-state index contributed by atoms with van der Waals surface area (Å²) in [6.07, 6.45) is 0.388. The molecule has 2 aromatic rings. The number of nitrogens with zero attached hydrogens (tertiary/aromatic N) is 1. The summed E-state index contributed by atoms with van der Waals surface area (Å²) in [6.45, 7) is 2.64. The summed E-state index contributed by atoms with van der Waals surface area (Å²) in [5, 5.41) is 0. The topological polar surface area (TPSA) is 89.7 Å². The fraction of sp³-hybridized carbons (Fsp3) is 0.278. The Hall–Kier alpha value is -2.22. The first-order chi connectivity index (χ1) is 11.9. The summed E-state index contributed by atoms with van der Waals surface area (Å²) in [4.78, 5) is 12.0. The second-order valence-corrected chi connectivity index (χ2v) is 7.46. The Morgan fingerprint density at radius 1 is 1.08 bits per heavy atom. The van der Waals surface area contributed by atoms with Gasteiger partial charge in [0, 0.05) is 13.0 Å². The number of ether oxygens (including phenoxy) is 1. The molecule has 0 aliphatic heterocycles. The summed E-state index contributed by atoms with van der Waals surface area (Å²) in [7, 11) is -4.02. The number of carbonyl (C=O) groups excluding carboxylic acids is 1. The number of hydrogen-bond acceptors (Lipinski definition) is 5. The van der Waals surface area contributed by atoms with E-state index in [2.05, 4.69) is 0 Å². The van der Waals surface area contributed by atoms with Gasteiger partial charge in [-0.2, -0.15) is 12.8 Å². The number of hydrazine groups is 1. The van der Waals surface area contributed by atoms with Crippen molar-refractivity contribution in [3.8, 4) is 0 Å². The number of carbonyl (C=O) groups is 1. The summed E-state index contributed by atoms with van der Waals surface area (Å²) < 4.78 is 30.4. The van der Waals surface area contributed by atoms with Crippen LogP contribution in [-0.4, -0.2) is 25.3 Å². The molecule has 1 amide bonds. The second kappa shape index (κ2) is 8.75. The van der Waals surface area contributed by atoms with Crippen LogP contribution in [0.5, 0.6) is 0 Å². The summed E-state index contributed by atoms with van der Waals surface area (Å²) >= 11 is 0. The molecule has 0 aliphatic carbocycles. The van der Waals surface area contributed by atoms with Gasteiger partial charge in [0.05, 0.1) is 11.5 Å². The molecule has 0 atom stereocenters. The van der Waals surface area contributed by atoms with Gasteiger partial charge in [0.25, 0.3) is 15.9 Å². The van der Waals surface area contributed by atoms with Crippen molar-refractivity contribution in [2.24, 2.45) is 5.84 Å². The van der Waals surface area contributed by atoms with E-state index in [9.17, 15) is 13.2 Å². The van der Waals surface area contributed by atoms with Gasteiger partial charge in [-0.05, 0) is 31.0 Å². The van der Waals surface area contributed by atoms with Gasteiger partial charge in [-0.3, -0.25) is 4.79 Å². The Kier molecular flexibility index (Phi) is 6.69. The van der Waals surface area contributed by atoms with E-state index in [1.54, 1.807) is 12.1 Å². The normalized spacial score (nSPS) is 11.3. The quantitative estimate of drug-likeness (QED) is 0.337. The fourth-order valence-electron chi connectivity index (χ4n) is 2.16. The first kappa shape index (κ1) is 19.1. The lowest BCUT2D eigenvalue weighted by Crippen LogP contribution is -2.42. The van der Waals surface area contributed by atoms with Crippen LogP contribution in [0, 0.1) is 6.92 Å². The highest BCUT2D eigenvalue weighted by Crippen LogP contribution is 2.15. The van der Waals surface area contributed by atoms with Crippen molar-refractivity contribution in [1.82, 2.24) is 4.41 Å². The van der Waals surface area contributed by atoms with Crippen LogP contribution in [-0.2, 0) is 26.2 Å². The van der Waals surface area contributed by atoms with Crippen molar-refractivity contribution in [3.63, 3.8) is 0 Å². The van der Waals surface area contributed by atoms with Crippen LogP contribution in [0.15, 0.2) is 59.5 Å². The van der Waals surface area contributed by atoms with Crippen molar-refractivity contribution in [2.45, 2.75) is 31.3 Å². The zero-order valence-corrected chi connectivity index (χ0v) is 14.9. The Morgan fingerprint density at radius 3 is 2.36 bits per heavy atom. The van der Waals surface area contributed by atoms with Crippen LogP contribution < -0.4 is 5.84 Å². The largest absolute Gasteiger partial charge is 0.377 e. The van der Waals surface area contributed by atoms with E-state index in [-0.39, 0.29) is 11.3 Å². The minimum atomic E-state index is -4.02. The van der Waals surface area contributed by atoms with Gasteiger partial charge in [0.1, 0.15) is 0 Å². The fourth-order valence-corrected chi connectivity index (χ4v) is 3.22. The van der Waals surface area contributed by atoms with E-state index in [1.807, 2.05) is 37.3 Å². The number of amides is 1. The minimum absolute atomic E-state index is 0.00359. The predicted molar refractivity (Wildman–Crippen MR) is 94.7 cm³/mol. The molecule has 134 valence electrons. The molecule has 0 unspecified atom stereocenters. The average Bonchev–Trinajstić information content (AvgIpc) is 2.62. The monoisotopic (exact) mass is 362 g/mol. The van der Waals surface area contributed by atoms with Gasteiger partial charge in [0.2, 0.25) is 0 Å². The van der Waals surface area contributed by atoms with E-state index >= 15 is 0 Å². The second-order valence-electron chi connectivity index (χ2n) is 5.65. The third-order valence-electron chi connectivity index (χ3n) is 3.61. The number of aryl methyl sites for hydroxylation is 1. The maximum atomic E-state index is 12.3. The van der Waals surface area contributed by atoms with Crippen LogP contribution >= 0.6 is 0 Å². The molecule has 0 bridgehead atoms. The first-order valence-corrected chi connectivity index (χ1v) is 9.36. The molecule has 7 heteroatoms. The van der Waals surface area contributed by atoms with Gasteiger partial charge in [-0.15, -0.1) is 0 Å². The molecule has 2 rings (SSSR count). The highest BCUT2D eigenvalue weighted by atomic mass is 32.2. The van der Waals surface area contributed by atoms with Crippen molar-refractivity contribution in [3.05, 3.63) is 65.7 Å². The summed E-state index contributed by atoms with van der Waals surface area (Å²) in [5.41, 5.74) is 1.96. The Balaban J connectivity index is 1.80. The van der Waals surface area contributed by atoms with Crippen molar-refractivity contribution in [1.29, 1.82) is 0 Å². The molecule has 0 aromatic heterocycles. The summed E-state index contributed by atoms with van der Waals surface area (Å²) in [6, 6.07) is 15.8. The third kappa shape index (κ3) is 5.38. The van der Waals surface area contributed by atoms with E-state index in [4.69, 9.17) is 10.6 Å². The van der Waals surface area contributed by atoms with Crippen molar-refractivity contribution < 1.29 is 17.9 Å². The van der Waals surface area contributed by atoms with Gasteiger partial charge in [0.15, 0.2) is 0 Å². The average molecular weight is 362 g/mol. The molecule has 0 saturated carbocycles. The first-order valence-electron chi connectivity index (χ1n) is 7.92. The van der Waals surface area contributed by atoms with Gasteiger partial charge in [-0.1, -0.05) is 48.0 Å². The predicted octanol–water partition coefficient (Wildman–Crippen LogP) is 2.38. The lowest BCUT2D eigenvalue weighted by Gasteiger charge is -2.17. The number of hydrogen-bond donors (Lipinski definition) is 1. The van der Waals surface area contributed by atoms with Gasteiger partial charge < -0.3 is 4.74 Å². The van der Waals surface area contributed by atoms with Crippen molar-refractivity contribution in [2.75, 3.05) is 6.61 Å². The van der Waals surface area contributed by atoms with Gasteiger partial charge in [-0.25, -0.2) is 5.84 Å². The van der Waals surface area contributed by atoms with E-state index in [1.165, 1.54) is 12.1 Å². The summed E-state index contributed by atoms with van der Waals surface area (Å²) in [5.74, 6) is 4.86. The minimum Gasteiger partial charge on any atom is -0.377 e. The molecule has 0 radical (unpaired) electrons. The lowest BCUT2D eigenvalue weighted by atomic mass is 10.2. The molecule has 0 spiro atoms. The molecular weight excluding hydrogens is 340 g/mol. The molecule has 2 aromatic carbocycles. The lowest BCUT2D eigenvalue weighted by molar-refractivity contribution is -0.127. The number of nitrogens with two attached hydrogens (primary N) is 1. The maximum Gasteiger partial charge on any atom is 0.280 e. The molecule has 0 fully saturated rings. The highest BCUT2D eigenvalue weighted by Gasteiger charge is 2.25.